The Bertz CT molecular complexity index is 1610. The van der Waals surface area contributed by atoms with Crippen LogP contribution in [0.4, 0.5) is 20.2 Å². The van der Waals surface area contributed by atoms with Gasteiger partial charge in [-0.3, -0.25) is 9.59 Å². The minimum absolute atomic E-state index is 0.159. The minimum atomic E-state index is -0.958. The molecule has 0 radical (unpaired) electrons. The van der Waals surface area contributed by atoms with Crippen LogP contribution in [0.15, 0.2) is 47.3 Å². The third-order valence-corrected chi connectivity index (χ3v) is 7.82. The molecule has 38 heavy (non-hydrogen) atoms. The second-order valence-corrected chi connectivity index (χ2v) is 10.1. The van der Waals surface area contributed by atoms with Crippen LogP contribution in [0.2, 0.25) is 0 Å². The van der Waals surface area contributed by atoms with Crippen LogP contribution in [-0.4, -0.2) is 51.4 Å². The number of para-hydroxylation sites is 1. The van der Waals surface area contributed by atoms with Crippen molar-refractivity contribution in [3.05, 3.63) is 76.0 Å². The summed E-state index contributed by atoms with van der Waals surface area (Å²) in [6.45, 7) is 5.65. The average molecular weight is 520 g/mol. The van der Waals surface area contributed by atoms with Gasteiger partial charge in [0.2, 0.25) is 0 Å². The first-order chi connectivity index (χ1) is 18.3. The summed E-state index contributed by atoms with van der Waals surface area (Å²) in [5.41, 5.74) is 1.91. The van der Waals surface area contributed by atoms with Crippen molar-refractivity contribution >= 4 is 28.3 Å². The third-order valence-electron chi connectivity index (χ3n) is 7.82. The van der Waals surface area contributed by atoms with Gasteiger partial charge in [-0.1, -0.05) is 6.07 Å². The molecular weight excluding hydrogens is 492 g/mol. The Labute approximate surface area is 217 Å². The predicted octanol–water partition coefficient (Wildman–Crippen LogP) is 3.15. The van der Waals surface area contributed by atoms with Crippen molar-refractivity contribution in [3.8, 4) is 5.69 Å². The zero-order valence-corrected chi connectivity index (χ0v) is 21.1. The highest BCUT2D eigenvalue weighted by Gasteiger charge is 2.40. The number of nitrogens with zero attached hydrogens (tertiary/aromatic N) is 5. The summed E-state index contributed by atoms with van der Waals surface area (Å²) in [6, 6.07) is 9.28. The fourth-order valence-electron chi connectivity index (χ4n) is 5.39. The summed E-state index contributed by atoms with van der Waals surface area (Å²) < 4.78 is 31.3. The van der Waals surface area contributed by atoms with Gasteiger partial charge in [0.25, 0.3) is 11.5 Å². The number of rotatable bonds is 4. The normalized spacial score (nSPS) is 16.6. The van der Waals surface area contributed by atoms with Crippen molar-refractivity contribution in [3.63, 3.8) is 0 Å². The molecule has 4 aromatic rings. The molecule has 2 aliphatic rings. The zero-order valence-electron chi connectivity index (χ0n) is 21.1. The molecule has 0 unspecified atom stereocenters. The van der Waals surface area contributed by atoms with E-state index in [0.29, 0.717) is 15.8 Å². The number of anilines is 2. The fourth-order valence-corrected chi connectivity index (χ4v) is 5.39. The van der Waals surface area contributed by atoms with Crippen molar-refractivity contribution in [2.45, 2.75) is 19.8 Å². The van der Waals surface area contributed by atoms with E-state index in [0.717, 1.165) is 79.8 Å². The van der Waals surface area contributed by atoms with Gasteiger partial charge in [-0.05, 0) is 55.5 Å². The van der Waals surface area contributed by atoms with Gasteiger partial charge in [0, 0.05) is 39.3 Å². The molecule has 2 N–H and O–H groups in total. The van der Waals surface area contributed by atoms with Gasteiger partial charge in [0.05, 0.1) is 16.9 Å². The van der Waals surface area contributed by atoms with E-state index in [9.17, 15) is 18.4 Å². The number of hydrogen-bond donors (Lipinski definition) is 2. The quantitative estimate of drug-likeness (QED) is 0.430. The summed E-state index contributed by atoms with van der Waals surface area (Å²) in [5.74, 6) is -1.68. The van der Waals surface area contributed by atoms with E-state index in [1.807, 2.05) is 30.7 Å². The number of aromatic nitrogens is 4. The van der Waals surface area contributed by atoms with Gasteiger partial charge >= 0.3 is 0 Å². The first-order valence-corrected chi connectivity index (χ1v) is 12.5. The number of hydrogen-bond acceptors (Lipinski definition) is 6. The van der Waals surface area contributed by atoms with Crippen LogP contribution < -0.4 is 21.1 Å². The Morgan fingerprint density at radius 3 is 2.39 bits per heavy atom. The SMILES string of the molecule is Cc1nc2c(N3CCC4(CC3)CNC4)c(NC(=O)c3ccc(=O)n(-c4c(F)cccc4F)n3)ccc2n1C. The van der Waals surface area contributed by atoms with Crippen LogP contribution in [-0.2, 0) is 7.05 Å². The Kier molecular flexibility index (Phi) is 5.75. The second kappa shape index (κ2) is 9.02. The summed E-state index contributed by atoms with van der Waals surface area (Å²) in [5, 5.41) is 10.3. The molecule has 0 aliphatic carbocycles. The van der Waals surface area contributed by atoms with E-state index in [1.54, 1.807) is 0 Å². The van der Waals surface area contributed by atoms with Gasteiger partial charge in [-0.15, -0.1) is 0 Å². The summed E-state index contributed by atoms with van der Waals surface area (Å²) in [6.07, 6.45) is 2.08. The van der Waals surface area contributed by atoms with Gasteiger partial charge < -0.3 is 20.1 Å². The summed E-state index contributed by atoms with van der Waals surface area (Å²) in [4.78, 5) is 32.8. The maximum atomic E-state index is 14.4. The number of fused-ring (bicyclic) bond motifs is 1. The molecule has 2 aromatic carbocycles. The topological polar surface area (TPSA) is 97.1 Å². The number of benzene rings is 2. The van der Waals surface area contributed by atoms with Crippen LogP contribution in [0.5, 0.6) is 0 Å². The standard InChI is InChI=1S/C27H27F2N7O2/c1-16-31-23-21(34(16)2)8-6-19(25(23)35-12-10-27(11-13-35)14-30-15-27)32-26(38)20-7-9-22(37)36(33-20)24-17(28)4-3-5-18(24)29/h3-9,30H,10-15H2,1-2H3,(H,32,38). The number of carbonyl (C=O) groups is 1. The molecule has 2 saturated heterocycles. The van der Waals surface area contributed by atoms with Crippen LogP contribution in [0, 0.1) is 24.0 Å². The number of halogens is 2. The molecule has 2 fully saturated rings. The smallest absolute Gasteiger partial charge is 0.276 e. The van der Waals surface area contributed by atoms with Gasteiger partial charge in [-0.2, -0.15) is 9.78 Å². The monoisotopic (exact) mass is 519 g/mol. The lowest BCUT2D eigenvalue weighted by atomic mass is 9.73. The van der Waals surface area contributed by atoms with E-state index in [2.05, 4.69) is 20.6 Å². The molecule has 1 amide bonds. The highest BCUT2D eigenvalue weighted by atomic mass is 19.1. The highest BCUT2D eigenvalue weighted by molar-refractivity contribution is 6.08. The Morgan fingerprint density at radius 1 is 1.03 bits per heavy atom. The van der Waals surface area contributed by atoms with Crippen LogP contribution >= 0.6 is 0 Å². The Morgan fingerprint density at radius 2 is 1.74 bits per heavy atom. The maximum Gasteiger partial charge on any atom is 0.276 e. The lowest BCUT2D eigenvalue weighted by Gasteiger charge is -2.49. The van der Waals surface area contributed by atoms with Crippen molar-refractivity contribution < 1.29 is 13.6 Å². The number of nitrogens with one attached hydrogen (secondary N) is 2. The molecule has 0 bridgehead atoms. The van der Waals surface area contributed by atoms with E-state index in [4.69, 9.17) is 4.98 Å². The predicted molar refractivity (Wildman–Crippen MR) is 140 cm³/mol. The van der Waals surface area contributed by atoms with Gasteiger partial charge in [-0.25, -0.2) is 13.8 Å². The summed E-state index contributed by atoms with van der Waals surface area (Å²) >= 11 is 0. The van der Waals surface area contributed by atoms with Crippen LogP contribution in [0.25, 0.3) is 16.7 Å². The lowest BCUT2D eigenvalue weighted by molar-refractivity contribution is 0.102. The number of carbonyl (C=O) groups excluding carboxylic acids is 1. The fraction of sp³-hybridized carbons (Fsp3) is 0.333. The number of piperidine rings is 1. The van der Waals surface area contributed by atoms with Gasteiger partial charge in [0.15, 0.2) is 11.6 Å². The zero-order chi connectivity index (χ0) is 26.6. The van der Waals surface area contributed by atoms with E-state index >= 15 is 0 Å². The number of aryl methyl sites for hydroxylation is 2. The van der Waals surface area contributed by atoms with E-state index < -0.39 is 28.8 Å². The van der Waals surface area contributed by atoms with Crippen molar-refractivity contribution in [2.24, 2.45) is 12.5 Å². The van der Waals surface area contributed by atoms with Crippen molar-refractivity contribution in [1.82, 2.24) is 24.6 Å². The number of imidazole rings is 1. The molecule has 2 aromatic heterocycles. The average Bonchev–Trinajstić information content (AvgIpc) is 3.17. The molecule has 4 heterocycles. The molecule has 0 saturated carbocycles. The van der Waals surface area contributed by atoms with Crippen molar-refractivity contribution in [1.29, 1.82) is 0 Å². The van der Waals surface area contributed by atoms with Crippen molar-refractivity contribution in [2.75, 3.05) is 36.4 Å². The minimum Gasteiger partial charge on any atom is -0.368 e. The molecule has 9 nitrogen and oxygen atoms in total. The van der Waals surface area contributed by atoms with E-state index in [-0.39, 0.29) is 5.69 Å². The lowest BCUT2D eigenvalue weighted by Crippen LogP contribution is -2.58. The first kappa shape index (κ1) is 24.2. The Balaban J connectivity index is 1.37. The second-order valence-electron chi connectivity index (χ2n) is 10.1. The number of amides is 1. The maximum absolute atomic E-state index is 14.4. The molecule has 196 valence electrons. The highest BCUT2D eigenvalue weighted by Crippen LogP contribution is 2.41. The first-order valence-electron chi connectivity index (χ1n) is 12.5. The molecule has 0 atom stereocenters. The van der Waals surface area contributed by atoms with Crippen LogP contribution in [0.3, 0.4) is 0 Å². The van der Waals surface area contributed by atoms with Crippen LogP contribution in [0.1, 0.15) is 29.2 Å². The third kappa shape index (κ3) is 3.94. The van der Waals surface area contributed by atoms with E-state index in [1.165, 1.54) is 12.1 Å². The Hall–Kier alpha value is -4.12. The van der Waals surface area contributed by atoms with Gasteiger partial charge in [0.1, 0.15) is 22.7 Å². The molecule has 1 spiro atoms. The molecule has 6 rings (SSSR count). The molecule has 11 heteroatoms. The molecule has 2 aliphatic heterocycles. The molecular formula is C27H27F2N7O2. The largest absolute Gasteiger partial charge is 0.368 e. The summed E-state index contributed by atoms with van der Waals surface area (Å²) in [7, 11) is 1.95.